The highest BCUT2D eigenvalue weighted by molar-refractivity contribution is 6.15. The molecule has 1 saturated heterocycles. The number of benzene rings is 2. The Hall–Kier alpha value is -2.79. The summed E-state index contributed by atoms with van der Waals surface area (Å²) in [6.07, 6.45) is 0. The lowest BCUT2D eigenvalue weighted by atomic mass is 10.1. The van der Waals surface area contributed by atoms with E-state index < -0.39 is 0 Å². The number of H-pyrrole nitrogens is 1. The van der Waals surface area contributed by atoms with E-state index in [1.165, 1.54) is 0 Å². The van der Waals surface area contributed by atoms with Crippen LogP contribution in [0.15, 0.2) is 42.5 Å². The van der Waals surface area contributed by atoms with Gasteiger partial charge < -0.3 is 19.9 Å². The molecule has 26 heavy (non-hydrogen) atoms. The summed E-state index contributed by atoms with van der Waals surface area (Å²) >= 11 is 0. The van der Waals surface area contributed by atoms with Crippen LogP contribution in [0.25, 0.3) is 10.9 Å². The molecular weight excluding hydrogens is 326 g/mol. The summed E-state index contributed by atoms with van der Waals surface area (Å²) in [5.41, 5.74) is 5.57. The highest BCUT2D eigenvalue weighted by Crippen LogP contribution is 2.30. The molecule has 0 atom stereocenters. The number of morpholine rings is 1. The number of ether oxygens (including phenoxy) is 1. The smallest absolute Gasteiger partial charge is 0.258 e. The Kier molecular flexibility index (Phi) is 4.39. The number of amides is 1. The minimum atomic E-state index is -0.0799. The third-order valence-electron chi connectivity index (χ3n) is 4.95. The molecular formula is C21H23N3O2. The van der Waals surface area contributed by atoms with Crippen molar-refractivity contribution in [3.05, 3.63) is 59.3 Å². The zero-order valence-corrected chi connectivity index (χ0v) is 15.1. The largest absolute Gasteiger partial charge is 0.378 e. The predicted molar refractivity (Wildman–Crippen MR) is 105 cm³/mol. The van der Waals surface area contributed by atoms with Gasteiger partial charge in [-0.1, -0.05) is 24.3 Å². The van der Waals surface area contributed by atoms with Crippen LogP contribution >= 0.6 is 0 Å². The van der Waals surface area contributed by atoms with Crippen molar-refractivity contribution in [2.45, 2.75) is 13.8 Å². The summed E-state index contributed by atoms with van der Waals surface area (Å²) in [7, 11) is 0. The second-order valence-corrected chi connectivity index (χ2v) is 6.69. The number of para-hydroxylation sites is 2. The van der Waals surface area contributed by atoms with Crippen LogP contribution in [0.4, 0.5) is 11.4 Å². The highest BCUT2D eigenvalue weighted by atomic mass is 16.5. The van der Waals surface area contributed by atoms with Gasteiger partial charge in [-0.25, -0.2) is 0 Å². The lowest BCUT2D eigenvalue weighted by molar-refractivity contribution is 0.102. The molecule has 0 bridgehead atoms. The minimum absolute atomic E-state index is 0.0799. The molecule has 0 unspecified atom stereocenters. The quantitative estimate of drug-likeness (QED) is 0.755. The van der Waals surface area contributed by atoms with E-state index in [2.05, 4.69) is 15.2 Å². The summed E-state index contributed by atoms with van der Waals surface area (Å²) in [5.74, 6) is -0.0799. The molecule has 5 nitrogen and oxygen atoms in total. The Morgan fingerprint density at radius 3 is 2.65 bits per heavy atom. The first-order valence-electron chi connectivity index (χ1n) is 8.96. The van der Waals surface area contributed by atoms with Gasteiger partial charge in [0, 0.05) is 29.7 Å². The molecule has 1 amide bonds. The van der Waals surface area contributed by atoms with Gasteiger partial charge in [-0.05, 0) is 37.6 Å². The third-order valence-corrected chi connectivity index (χ3v) is 4.95. The van der Waals surface area contributed by atoms with Crippen LogP contribution in [-0.2, 0) is 4.74 Å². The van der Waals surface area contributed by atoms with E-state index in [4.69, 9.17) is 4.74 Å². The second kappa shape index (κ2) is 6.84. The van der Waals surface area contributed by atoms with Gasteiger partial charge in [-0.15, -0.1) is 0 Å². The molecule has 1 fully saturated rings. The van der Waals surface area contributed by atoms with Crippen molar-refractivity contribution in [2.24, 2.45) is 0 Å². The number of nitrogens with one attached hydrogen (secondary N) is 2. The molecule has 5 heteroatoms. The van der Waals surface area contributed by atoms with E-state index in [1.807, 2.05) is 56.3 Å². The van der Waals surface area contributed by atoms with Crippen molar-refractivity contribution in [2.75, 3.05) is 36.5 Å². The topological polar surface area (TPSA) is 57.4 Å². The van der Waals surface area contributed by atoms with E-state index in [0.717, 1.165) is 52.2 Å². The van der Waals surface area contributed by atoms with Crippen molar-refractivity contribution < 1.29 is 9.53 Å². The van der Waals surface area contributed by atoms with Gasteiger partial charge in [0.15, 0.2) is 0 Å². The average Bonchev–Trinajstić information content (AvgIpc) is 3.00. The van der Waals surface area contributed by atoms with Crippen LogP contribution < -0.4 is 10.2 Å². The molecule has 3 aromatic rings. The number of anilines is 2. The van der Waals surface area contributed by atoms with Gasteiger partial charge in [0.25, 0.3) is 5.91 Å². The Balaban J connectivity index is 1.69. The summed E-state index contributed by atoms with van der Waals surface area (Å²) in [6.45, 7) is 7.07. The number of hydrogen-bond acceptors (Lipinski definition) is 3. The van der Waals surface area contributed by atoms with Gasteiger partial charge in [-0.2, -0.15) is 0 Å². The molecule has 0 aliphatic carbocycles. The molecule has 0 saturated carbocycles. The maximum absolute atomic E-state index is 13.1. The molecule has 2 aromatic carbocycles. The van der Waals surface area contributed by atoms with Crippen molar-refractivity contribution >= 4 is 28.2 Å². The fourth-order valence-electron chi connectivity index (χ4n) is 3.68. The summed E-state index contributed by atoms with van der Waals surface area (Å²) in [4.78, 5) is 18.7. The molecule has 2 N–H and O–H groups in total. The molecule has 0 spiro atoms. The number of fused-ring (bicyclic) bond motifs is 1. The maximum Gasteiger partial charge on any atom is 0.258 e. The maximum atomic E-state index is 13.1. The SMILES string of the molecule is Cc1[nH]c2cccc(C)c2c1C(=O)Nc1ccccc1N1CCOCC1. The fraction of sp³-hybridized carbons (Fsp3) is 0.286. The summed E-state index contributed by atoms with van der Waals surface area (Å²) < 4.78 is 5.45. The Morgan fingerprint density at radius 1 is 1.08 bits per heavy atom. The number of aromatic nitrogens is 1. The lowest BCUT2D eigenvalue weighted by Gasteiger charge is -2.30. The van der Waals surface area contributed by atoms with Crippen LogP contribution in [0.2, 0.25) is 0 Å². The number of aryl methyl sites for hydroxylation is 2. The number of carbonyl (C=O) groups is 1. The Morgan fingerprint density at radius 2 is 1.85 bits per heavy atom. The zero-order valence-electron chi connectivity index (χ0n) is 15.1. The molecule has 0 radical (unpaired) electrons. The molecule has 134 valence electrons. The first kappa shape index (κ1) is 16.7. The fourth-order valence-corrected chi connectivity index (χ4v) is 3.68. The Labute approximate surface area is 153 Å². The van der Waals surface area contributed by atoms with Crippen LogP contribution in [-0.4, -0.2) is 37.2 Å². The molecule has 1 aliphatic rings. The third kappa shape index (κ3) is 2.95. The van der Waals surface area contributed by atoms with Gasteiger partial charge in [0.05, 0.1) is 30.2 Å². The second-order valence-electron chi connectivity index (χ2n) is 6.69. The molecule has 1 aromatic heterocycles. The molecule has 2 heterocycles. The van der Waals surface area contributed by atoms with Crippen LogP contribution in [0.1, 0.15) is 21.6 Å². The number of carbonyl (C=O) groups excluding carboxylic acids is 1. The van der Waals surface area contributed by atoms with Crippen molar-refractivity contribution in [1.29, 1.82) is 0 Å². The van der Waals surface area contributed by atoms with E-state index in [-0.39, 0.29) is 5.91 Å². The van der Waals surface area contributed by atoms with Gasteiger partial charge in [0.1, 0.15) is 0 Å². The summed E-state index contributed by atoms with van der Waals surface area (Å²) in [5, 5.41) is 4.12. The number of nitrogens with zero attached hydrogens (tertiary/aromatic N) is 1. The van der Waals surface area contributed by atoms with E-state index in [9.17, 15) is 4.79 Å². The molecule has 1 aliphatic heterocycles. The van der Waals surface area contributed by atoms with Crippen LogP contribution in [0.3, 0.4) is 0 Å². The lowest BCUT2D eigenvalue weighted by Crippen LogP contribution is -2.36. The predicted octanol–water partition coefficient (Wildman–Crippen LogP) is 3.87. The highest BCUT2D eigenvalue weighted by Gasteiger charge is 2.20. The monoisotopic (exact) mass is 349 g/mol. The summed E-state index contributed by atoms with van der Waals surface area (Å²) in [6, 6.07) is 14.0. The van der Waals surface area contributed by atoms with E-state index in [0.29, 0.717) is 13.2 Å². The van der Waals surface area contributed by atoms with Crippen molar-refractivity contribution in [3.8, 4) is 0 Å². The standard InChI is InChI=1S/C21H23N3O2/c1-14-6-5-8-17-19(14)20(15(2)22-17)21(25)23-16-7-3-4-9-18(16)24-10-12-26-13-11-24/h3-9,22H,10-13H2,1-2H3,(H,23,25). The number of rotatable bonds is 3. The minimum Gasteiger partial charge on any atom is -0.378 e. The van der Waals surface area contributed by atoms with Crippen molar-refractivity contribution in [3.63, 3.8) is 0 Å². The van der Waals surface area contributed by atoms with E-state index in [1.54, 1.807) is 0 Å². The number of aromatic amines is 1. The normalized spacial score (nSPS) is 14.6. The van der Waals surface area contributed by atoms with Gasteiger partial charge >= 0.3 is 0 Å². The number of hydrogen-bond donors (Lipinski definition) is 2. The van der Waals surface area contributed by atoms with Crippen LogP contribution in [0, 0.1) is 13.8 Å². The van der Waals surface area contributed by atoms with Crippen molar-refractivity contribution in [1.82, 2.24) is 4.98 Å². The van der Waals surface area contributed by atoms with Crippen LogP contribution in [0.5, 0.6) is 0 Å². The zero-order chi connectivity index (χ0) is 18.1. The van der Waals surface area contributed by atoms with Gasteiger partial charge in [0.2, 0.25) is 0 Å². The Bertz CT molecular complexity index is 955. The van der Waals surface area contributed by atoms with Gasteiger partial charge in [-0.3, -0.25) is 4.79 Å². The first-order valence-corrected chi connectivity index (χ1v) is 8.96. The van der Waals surface area contributed by atoms with E-state index >= 15 is 0 Å². The average molecular weight is 349 g/mol. The first-order chi connectivity index (χ1) is 12.6. The molecule has 4 rings (SSSR count).